The van der Waals surface area contributed by atoms with Crippen LogP contribution in [0, 0.1) is 0 Å². The summed E-state index contributed by atoms with van der Waals surface area (Å²) >= 11 is 0. The fourth-order valence-electron chi connectivity index (χ4n) is 9.08. The molecule has 0 atom stereocenters. The molecule has 0 aliphatic heterocycles. The summed E-state index contributed by atoms with van der Waals surface area (Å²) in [7, 11) is 0. The molecule has 0 heterocycles. The summed E-state index contributed by atoms with van der Waals surface area (Å²) in [6.45, 7) is 4.75. The maximum absolute atomic E-state index is 2.48. The predicted octanol–water partition coefficient (Wildman–Crippen LogP) is 14.5. The van der Waals surface area contributed by atoms with Crippen molar-refractivity contribution in [2.45, 2.75) is 44.9 Å². The van der Waals surface area contributed by atoms with E-state index in [1.807, 2.05) is 0 Å². The Kier molecular flexibility index (Phi) is 7.84. The maximum atomic E-state index is 2.48. The van der Waals surface area contributed by atoms with E-state index in [-0.39, 0.29) is 5.41 Å². The summed E-state index contributed by atoms with van der Waals surface area (Å²) in [6, 6.07) is 65.6. The van der Waals surface area contributed by atoms with Crippen molar-refractivity contribution in [3.8, 4) is 44.5 Å². The monoisotopic (exact) mass is 693 g/mol. The van der Waals surface area contributed by atoms with Gasteiger partial charge in [0, 0.05) is 22.4 Å². The van der Waals surface area contributed by atoms with Gasteiger partial charge in [0.15, 0.2) is 0 Å². The van der Waals surface area contributed by atoms with Crippen LogP contribution in [0.15, 0.2) is 176 Å². The molecular formula is C53H43N. The molecule has 1 nitrogen and oxygen atoms in total. The Morgan fingerprint density at radius 3 is 1.78 bits per heavy atom. The average Bonchev–Trinajstić information content (AvgIpc) is 3.46. The van der Waals surface area contributed by atoms with Crippen LogP contribution in [0.1, 0.15) is 48.9 Å². The Bertz CT molecular complexity index is 2660. The average molecular weight is 694 g/mol. The Labute approximate surface area is 319 Å². The molecule has 0 saturated heterocycles. The lowest BCUT2D eigenvalue weighted by atomic mass is 9.81. The van der Waals surface area contributed by atoms with Crippen LogP contribution >= 0.6 is 0 Å². The van der Waals surface area contributed by atoms with Gasteiger partial charge < -0.3 is 4.90 Å². The topological polar surface area (TPSA) is 3.24 Å². The molecule has 2 aliphatic rings. The lowest BCUT2D eigenvalue weighted by Gasteiger charge is -2.30. The molecule has 0 amide bonds. The molecule has 0 radical (unpaired) electrons. The van der Waals surface area contributed by atoms with Crippen molar-refractivity contribution in [2.24, 2.45) is 0 Å². The molecular weight excluding hydrogens is 651 g/mol. The number of anilines is 3. The molecule has 8 aromatic carbocycles. The van der Waals surface area contributed by atoms with E-state index >= 15 is 0 Å². The van der Waals surface area contributed by atoms with Gasteiger partial charge in [-0.1, -0.05) is 147 Å². The van der Waals surface area contributed by atoms with Gasteiger partial charge in [-0.3, -0.25) is 0 Å². The minimum absolute atomic E-state index is 0.127. The summed E-state index contributed by atoms with van der Waals surface area (Å²) in [5.41, 5.74) is 19.2. The van der Waals surface area contributed by atoms with E-state index in [1.54, 1.807) is 0 Å². The molecule has 0 unspecified atom stereocenters. The van der Waals surface area contributed by atoms with Crippen molar-refractivity contribution in [2.75, 3.05) is 4.90 Å². The smallest absolute Gasteiger partial charge is 0.0543 e. The van der Waals surface area contributed by atoms with Crippen LogP contribution in [0.3, 0.4) is 0 Å². The standard InChI is InChI=1S/C53H43N/c1-53(2)50-19-11-10-18-47(50)49-34-48(40-24-20-38(21-25-40)43-26-22-36-12-6-8-14-41(36)32-43)52(35-51(49)53)54(45-16-4-3-5-17-45)46-30-28-39(29-31-46)44-27-23-37-13-7-9-15-42(37)33-44/h3-5,7,9-11,13,15-35H,6,8,12,14H2,1-2H3. The van der Waals surface area contributed by atoms with Crippen LogP contribution in [-0.2, 0) is 18.3 Å². The van der Waals surface area contributed by atoms with Crippen LogP contribution < -0.4 is 4.90 Å². The molecule has 1 heteroatoms. The summed E-state index contributed by atoms with van der Waals surface area (Å²) < 4.78 is 0. The minimum atomic E-state index is -0.127. The highest BCUT2D eigenvalue weighted by atomic mass is 15.1. The highest BCUT2D eigenvalue weighted by Crippen LogP contribution is 2.53. The number of para-hydroxylation sites is 1. The number of aryl methyl sites for hydroxylation is 2. The molecule has 0 spiro atoms. The molecule has 2 aliphatic carbocycles. The second kappa shape index (κ2) is 13.0. The fourth-order valence-corrected chi connectivity index (χ4v) is 9.08. The summed E-state index contributed by atoms with van der Waals surface area (Å²) in [6.07, 6.45) is 5.00. The third-order valence-electron chi connectivity index (χ3n) is 12.0. The molecule has 260 valence electrons. The van der Waals surface area contributed by atoms with E-state index in [4.69, 9.17) is 0 Å². The lowest BCUT2D eigenvalue weighted by Crippen LogP contribution is -2.17. The maximum Gasteiger partial charge on any atom is 0.0543 e. The van der Waals surface area contributed by atoms with Gasteiger partial charge in [0.1, 0.15) is 0 Å². The fraction of sp³-hybridized carbons (Fsp3) is 0.132. The quantitative estimate of drug-likeness (QED) is 0.168. The largest absolute Gasteiger partial charge is 0.310 e. The second-order valence-electron chi connectivity index (χ2n) is 15.6. The Morgan fingerprint density at radius 2 is 0.981 bits per heavy atom. The number of hydrogen-bond acceptors (Lipinski definition) is 1. The molecule has 8 aromatic rings. The van der Waals surface area contributed by atoms with Gasteiger partial charge in [0.25, 0.3) is 0 Å². The summed E-state index contributed by atoms with van der Waals surface area (Å²) in [5.74, 6) is 0. The molecule has 0 N–H and O–H groups in total. The number of hydrogen-bond donors (Lipinski definition) is 0. The zero-order valence-corrected chi connectivity index (χ0v) is 31.0. The number of nitrogens with zero attached hydrogens (tertiary/aromatic N) is 1. The van der Waals surface area contributed by atoms with E-state index in [1.165, 1.54) is 109 Å². The highest BCUT2D eigenvalue weighted by molar-refractivity contribution is 5.95. The van der Waals surface area contributed by atoms with E-state index in [0.717, 1.165) is 11.4 Å². The number of benzene rings is 8. The molecule has 0 fully saturated rings. The summed E-state index contributed by atoms with van der Waals surface area (Å²) in [4.78, 5) is 2.45. The van der Waals surface area contributed by atoms with Gasteiger partial charge in [-0.15, -0.1) is 0 Å². The zero-order valence-electron chi connectivity index (χ0n) is 31.0. The molecule has 0 bridgehead atoms. The first-order valence-corrected chi connectivity index (χ1v) is 19.5. The van der Waals surface area contributed by atoms with Gasteiger partial charge in [-0.25, -0.2) is 0 Å². The van der Waals surface area contributed by atoms with Crippen molar-refractivity contribution in [1.29, 1.82) is 0 Å². The first kappa shape index (κ1) is 32.5. The van der Waals surface area contributed by atoms with Crippen molar-refractivity contribution in [1.82, 2.24) is 0 Å². The molecule has 10 rings (SSSR count). The Morgan fingerprint density at radius 1 is 0.389 bits per heavy atom. The number of fused-ring (bicyclic) bond motifs is 5. The van der Waals surface area contributed by atoms with Gasteiger partial charge in [0.2, 0.25) is 0 Å². The molecule has 54 heavy (non-hydrogen) atoms. The van der Waals surface area contributed by atoms with Gasteiger partial charge >= 0.3 is 0 Å². The second-order valence-corrected chi connectivity index (χ2v) is 15.6. The first-order chi connectivity index (χ1) is 26.5. The Hall–Kier alpha value is -6.18. The van der Waals surface area contributed by atoms with Gasteiger partial charge in [-0.05, 0) is 140 Å². The SMILES string of the molecule is CC1(C)c2ccccc2-c2cc(-c3ccc(-c4ccc5c(c4)CCCC5)cc3)c(N(c3ccccc3)c3ccc(-c4ccc5ccccc5c4)cc3)cc21. The highest BCUT2D eigenvalue weighted by Gasteiger charge is 2.37. The van der Waals surface area contributed by atoms with Gasteiger partial charge in [0.05, 0.1) is 5.69 Å². The van der Waals surface area contributed by atoms with Gasteiger partial charge in [-0.2, -0.15) is 0 Å². The van der Waals surface area contributed by atoms with Crippen molar-refractivity contribution in [3.63, 3.8) is 0 Å². The third-order valence-corrected chi connectivity index (χ3v) is 12.0. The van der Waals surface area contributed by atoms with E-state index < -0.39 is 0 Å². The van der Waals surface area contributed by atoms with E-state index in [2.05, 4.69) is 195 Å². The van der Waals surface area contributed by atoms with Crippen LogP contribution in [-0.4, -0.2) is 0 Å². The van der Waals surface area contributed by atoms with Crippen LogP contribution in [0.2, 0.25) is 0 Å². The van der Waals surface area contributed by atoms with Crippen LogP contribution in [0.25, 0.3) is 55.3 Å². The molecule has 0 aromatic heterocycles. The van der Waals surface area contributed by atoms with E-state index in [0.29, 0.717) is 0 Å². The normalized spacial score (nSPS) is 14.0. The Balaban J connectivity index is 1.13. The lowest BCUT2D eigenvalue weighted by molar-refractivity contribution is 0.660. The van der Waals surface area contributed by atoms with Crippen LogP contribution in [0.4, 0.5) is 17.1 Å². The van der Waals surface area contributed by atoms with Crippen molar-refractivity contribution < 1.29 is 0 Å². The van der Waals surface area contributed by atoms with Crippen LogP contribution in [0.5, 0.6) is 0 Å². The van der Waals surface area contributed by atoms with Crippen molar-refractivity contribution in [3.05, 3.63) is 198 Å². The first-order valence-electron chi connectivity index (χ1n) is 19.5. The molecule has 0 saturated carbocycles. The minimum Gasteiger partial charge on any atom is -0.310 e. The predicted molar refractivity (Wildman–Crippen MR) is 229 cm³/mol. The summed E-state index contributed by atoms with van der Waals surface area (Å²) in [5, 5.41) is 2.52. The van der Waals surface area contributed by atoms with E-state index in [9.17, 15) is 0 Å². The third kappa shape index (κ3) is 5.55. The zero-order chi connectivity index (χ0) is 36.2. The van der Waals surface area contributed by atoms with Crippen molar-refractivity contribution >= 4 is 27.8 Å². The number of rotatable bonds is 6.